The molecule has 1 aromatic heterocycles. The second-order valence-electron chi connectivity index (χ2n) is 6.45. The van der Waals surface area contributed by atoms with Crippen molar-refractivity contribution >= 4 is 16.8 Å². The SMILES string of the molecule is CN(CCOCC1CC1)C(=O)[C@@H](N)Cc1c[nH]c2ccccc12. The van der Waals surface area contributed by atoms with E-state index in [0.29, 0.717) is 19.6 Å². The third-order valence-corrected chi connectivity index (χ3v) is 4.43. The first-order chi connectivity index (χ1) is 11.1. The van der Waals surface area contributed by atoms with Crippen molar-refractivity contribution in [1.29, 1.82) is 0 Å². The number of rotatable bonds is 8. The number of hydrogen-bond donors (Lipinski definition) is 2. The van der Waals surface area contributed by atoms with E-state index < -0.39 is 6.04 Å². The fraction of sp³-hybridized carbons (Fsp3) is 0.500. The van der Waals surface area contributed by atoms with Gasteiger partial charge in [-0.15, -0.1) is 0 Å². The Hall–Kier alpha value is -1.85. The van der Waals surface area contributed by atoms with Crippen molar-refractivity contribution in [2.24, 2.45) is 11.7 Å². The van der Waals surface area contributed by atoms with Crippen LogP contribution in [0.1, 0.15) is 18.4 Å². The topological polar surface area (TPSA) is 71.3 Å². The normalized spacial score (nSPS) is 15.7. The summed E-state index contributed by atoms with van der Waals surface area (Å²) in [6, 6.07) is 7.53. The van der Waals surface area contributed by atoms with Crippen LogP contribution in [0, 0.1) is 5.92 Å². The molecule has 3 N–H and O–H groups in total. The molecule has 0 bridgehead atoms. The quantitative estimate of drug-likeness (QED) is 0.731. The Bertz CT molecular complexity index is 663. The molecule has 5 nitrogen and oxygen atoms in total. The number of amides is 1. The van der Waals surface area contributed by atoms with Crippen molar-refractivity contribution < 1.29 is 9.53 Å². The summed E-state index contributed by atoms with van der Waals surface area (Å²) in [5.74, 6) is 0.713. The number of likely N-dealkylation sites (N-methyl/N-ethyl adjacent to an activating group) is 1. The molecule has 5 heteroatoms. The van der Waals surface area contributed by atoms with Gasteiger partial charge in [0.15, 0.2) is 0 Å². The number of benzene rings is 1. The number of aromatic nitrogens is 1. The molecule has 1 aliphatic rings. The molecule has 1 aromatic carbocycles. The number of nitrogens with two attached hydrogens (primary N) is 1. The summed E-state index contributed by atoms with van der Waals surface area (Å²) < 4.78 is 5.58. The maximum Gasteiger partial charge on any atom is 0.239 e. The van der Waals surface area contributed by atoms with E-state index in [1.807, 2.05) is 30.5 Å². The van der Waals surface area contributed by atoms with Crippen LogP contribution < -0.4 is 5.73 Å². The Morgan fingerprint density at radius 3 is 3.00 bits per heavy atom. The second-order valence-corrected chi connectivity index (χ2v) is 6.45. The van der Waals surface area contributed by atoms with Gasteiger partial charge >= 0.3 is 0 Å². The fourth-order valence-corrected chi connectivity index (χ4v) is 2.75. The van der Waals surface area contributed by atoms with E-state index in [4.69, 9.17) is 10.5 Å². The van der Waals surface area contributed by atoms with Crippen LogP contribution >= 0.6 is 0 Å². The number of para-hydroxylation sites is 1. The van der Waals surface area contributed by atoms with Crippen LogP contribution in [0.5, 0.6) is 0 Å². The smallest absolute Gasteiger partial charge is 0.239 e. The maximum atomic E-state index is 12.4. The first kappa shape index (κ1) is 16.0. The molecule has 1 aliphatic carbocycles. The molecule has 0 aliphatic heterocycles. The van der Waals surface area contributed by atoms with Crippen molar-refractivity contribution in [1.82, 2.24) is 9.88 Å². The number of carbonyl (C=O) groups excluding carboxylic acids is 1. The van der Waals surface area contributed by atoms with Gasteiger partial charge in [-0.2, -0.15) is 0 Å². The molecule has 0 spiro atoms. The van der Waals surface area contributed by atoms with Gasteiger partial charge in [0.25, 0.3) is 0 Å². The lowest BCUT2D eigenvalue weighted by Crippen LogP contribution is -2.44. The maximum absolute atomic E-state index is 12.4. The van der Waals surface area contributed by atoms with E-state index in [1.54, 1.807) is 11.9 Å². The molecule has 1 fully saturated rings. The number of carbonyl (C=O) groups is 1. The fourth-order valence-electron chi connectivity index (χ4n) is 2.75. The molecule has 0 radical (unpaired) electrons. The lowest BCUT2D eigenvalue weighted by Gasteiger charge is -2.21. The molecule has 23 heavy (non-hydrogen) atoms. The van der Waals surface area contributed by atoms with Crippen molar-refractivity contribution in [3.05, 3.63) is 36.0 Å². The van der Waals surface area contributed by atoms with Crippen molar-refractivity contribution in [2.75, 3.05) is 26.8 Å². The number of ether oxygens (including phenoxy) is 1. The van der Waals surface area contributed by atoms with Crippen LogP contribution in [0.15, 0.2) is 30.5 Å². The summed E-state index contributed by atoms with van der Waals surface area (Å²) >= 11 is 0. The average Bonchev–Trinajstić information content (AvgIpc) is 3.31. The molecule has 0 unspecified atom stereocenters. The van der Waals surface area contributed by atoms with E-state index in [1.165, 1.54) is 12.8 Å². The highest BCUT2D eigenvalue weighted by atomic mass is 16.5. The van der Waals surface area contributed by atoms with Gasteiger partial charge in [0.05, 0.1) is 12.6 Å². The molecule has 2 aromatic rings. The summed E-state index contributed by atoms with van der Waals surface area (Å²) in [6.07, 6.45) is 5.04. The Kier molecular flexibility index (Phi) is 4.98. The molecular formula is C18H25N3O2. The van der Waals surface area contributed by atoms with Gasteiger partial charge in [0.2, 0.25) is 5.91 Å². The highest BCUT2D eigenvalue weighted by molar-refractivity contribution is 5.86. The van der Waals surface area contributed by atoms with Gasteiger partial charge < -0.3 is 20.4 Å². The summed E-state index contributed by atoms with van der Waals surface area (Å²) in [6.45, 7) is 2.00. The van der Waals surface area contributed by atoms with E-state index in [0.717, 1.165) is 29.0 Å². The van der Waals surface area contributed by atoms with Crippen molar-refractivity contribution in [3.8, 4) is 0 Å². The van der Waals surface area contributed by atoms with E-state index >= 15 is 0 Å². The zero-order valence-corrected chi connectivity index (χ0v) is 13.6. The van der Waals surface area contributed by atoms with Gasteiger partial charge in [-0.3, -0.25) is 4.79 Å². The Balaban J connectivity index is 1.49. The van der Waals surface area contributed by atoms with E-state index in [2.05, 4.69) is 4.98 Å². The number of nitrogens with one attached hydrogen (secondary N) is 1. The summed E-state index contributed by atoms with van der Waals surface area (Å²) in [4.78, 5) is 17.3. The standard InChI is InChI=1S/C18H25N3O2/c1-21(8-9-23-12-13-6-7-13)18(22)16(19)10-14-11-20-17-5-3-2-4-15(14)17/h2-5,11,13,16,20H,6-10,12,19H2,1H3/t16-/m0/s1. The molecule has 1 heterocycles. The van der Waals surface area contributed by atoms with Crippen molar-refractivity contribution in [3.63, 3.8) is 0 Å². The van der Waals surface area contributed by atoms with Crippen LogP contribution in [-0.2, 0) is 16.0 Å². The molecule has 1 atom stereocenters. The zero-order valence-electron chi connectivity index (χ0n) is 13.6. The first-order valence-electron chi connectivity index (χ1n) is 8.28. The summed E-state index contributed by atoms with van der Waals surface area (Å²) in [5, 5.41) is 1.13. The number of hydrogen-bond acceptors (Lipinski definition) is 3. The summed E-state index contributed by atoms with van der Waals surface area (Å²) in [7, 11) is 1.79. The molecule has 1 amide bonds. The van der Waals surface area contributed by atoms with Gasteiger partial charge in [0, 0.05) is 37.3 Å². The Labute approximate surface area is 136 Å². The van der Waals surface area contributed by atoms with Crippen LogP contribution in [0.2, 0.25) is 0 Å². The third kappa shape index (κ3) is 4.12. The largest absolute Gasteiger partial charge is 0.379 e. The summed E-state index contributed by atoms with van der Waals surface area (Å²) in [5.41, 5.74) is 8.27. The monoisotopic (exact) mass is 315 g/mol. The first-order valence-corrected chi connectivity index (χ1v) is 8.28. The van der Waals surface area contributed by atoms with Gasteiger partial charge in [-0.1, -0.05) is 18.2 Å². The minimum absolute atomic E-state index is 0.0368. The van der Waals surface area contributed by atoms with Crippen molar-refractivity contribution in [2.45, 2.75) is 25.3 Å². The molecular weight excluding hydrogens is 290 g/mol. The average molecular weight is 315 g/mol. The van der Waals surface area contributed by atoms with Crippen LogP contribution in [0.4, 0.5) is 0 Å². The van der Waals surface area contributed by atoms with Crippen LogP contribution in [-0.4, -0.2) is 48.6 Å². The lowest BCUT2D eigenvalue weighted by atomic mass is 10.0. The zero-order chi connectivity index (χ0) is 16.2. The van der Waals surface area contributed by atoms with Gasteiger partial charge in [0.1, 0.15) is 0 Å². The van der Waals surface area contributed by atoms with Crippen LogP contribution in [0.3, 0.4) is 0 Å². The minimum atomic E-state index is -0.525. The third-order valence-electron chi connectivity index (χ3n) is 4.43. The highest BCUT2D eigenvalue weighted by Crippen LogP contribution is 2.28. The molecule has 124 valence electrons. The van der Waals surface area contributed by atoms with E-state index in [9.17, 15) is 4.79 Å². The van der Waals surface area contributed by atoms with Crippen LogP contribution in [0.25, 0.3) is 10.9 Å². The Morgan fingerprint density at radius 1 is 1.43 bits per heavy atom. The van der Waals surface area contributed by atoms with Gasteiger partial charge in [-0.05, 0) is 36.8 Å². The van der Waals surface area contributed by atoms with E-state index in [-0.39, 0.29) is 5.91 Å². The molecule has 0 saturated heterocycles. The number of nitrogens with zero attached hydrogens (tertiary/aromatic N) is 1. The predicted octanol–water partition coefficient (Wildman–Crippen LogP) is 1.92. The predicted molar refractivity (Wildman–Crippen MR) is 91.2 cm³/mol. The highest BCUT2D eigenvalue weighted by Gasteiger charge is 2.22. The second kappa shape index (κ2) is 7.15. The Morgan fingerprint density at radius 2 is 2.22 bits per heavy atom. The van der Waals surface area contributed by atoms with Gasteiger partial charge in [-0.25, -0.2) is 0 Å². The molecule has 3 rings (SSSR count). The minimum Gasteiger partial charge on any atom is -0.379 e. The lowest BCUT2D eigenvalue weighted by molar-refractivity contribution is -0.131. The number of fused-ring (bicyclic) bond motifs is 1. The number of aromatic amines is 1. The molecule has 1 saturated carbocycles. The number of H-pyrrole nitrogens is 1.